The molecular weight excluding hydrogens is 536 g/mol. The Balaban J connectivity index is 1.94. The summed E-state index contributed by atoms with van der Waals surface area (Å²) in [6.07, 6.45) is 0.659. The lowest BCUT2D eigenvalue weighted by Gasteiger charge is -2.33. The molecule has 0 fully saturated rings. The van der Waals surface area contributed by atoms with Crippen LogP contribution < -0.4 is 22.5 Å². The normalized spacial score (nSPS) is 11.4. The van der Waals surface area contributed by atoms with E-state index in [9.17, 15) is 19.2 Å². The number of nitrogens with two attached hydrogens (primary N) is 3. The summed E-state index contributed by atoms with van der Waals surface area (Å²) in [5, 5.41) is 11.1. The molecule has 0 saturated heterocycles. The predicted molar refractivity (Wildman–Crippen MR) is 159 cm³/mol. The Morgan fingerprint density at radius 3 is 1.86 bits per heavy atom. The summed E-state index contributed by atoms with van der Waals surface area (Å²) in [4.78, 5) is 55.5. The van der Waals surface area contributed by atoms with Gasteiger partial charge in [0.2, 0.25) is 17.7 Å². The molecule has 11 heteroatoms. The van der Waals surface area contributed by atoms with Gasteiger partial charge >= 0.3 is 5.97 Å². The van der Waals surface area contributed by atoms with Gasteiger partial charge in [-0.15, -0.1) is 0 Å². The van der Waals surface area contributed by atoms with Gasteiger partial charge in [-0.3, -0.25) is 24.2 Å². The molecule has 0 radical (unpaired) electrons. The summed E-state index contributed by atoms with van der Waals surface area (Å²) in [7, 11) is 0. The number of nitrogens with zero attached hydrogens (tertiary/aromatic N) is 2. The van der Waals surface area contributed by atoms with Crippen LogP contribution in [0.2, 0.25) is 0 Å². The molecule has 0 aliphatic rings. The number of hydrogen-bond donors (Lipinski definition) is 5. The second-order valence-corrected chi connectivity index (χ2v) is 9.75. The first-order valence-electron chi connectivity index (χ1n) is 13.5. The summed E-state index contributed by atoms with van der Waals surface area (Å²) in [5.74, 6) is -3.26. The van der Waals surface area contributed by atoms with E-state index in [4.69, 9.17) is 22.3 Å². The van der Waals surface area contributed by atoms with E-state index in [2.05, 4.69) is 10.3 Å². The Bertz CT molecular complexity index is 1340. The number of guanidine groups is 1. The van der Waals surface area contributed by atoms with E-state index in [1.54, 1.807) is 24.3 Å². The SMILES string of the molecule is NC(=O)[C@@H](CCCN=C(N)N)N(Cc1ccc(CC(=O)NCC(=O)O)cc1)C(=O)C(c1ccccc1)c1ccccc1. The van der Waals surface area contributed by atoms with Gasteiger partial charge in [-0.25, -0.2) is 0 Å². The fourth-order valence-electron chi connectivity index (χ4n) is 4.60. The van der Waals surface area contributed by atoms with Gasteiger partial charge in [0.25, 0.3) is 0 Å². The average molecular weight is 573 g/mol. The second-order valence-electron chi connectivity index (χ2n) is 9.75. The minimum Gasteiger partial charge on any atom is -0.480 e. The Labute approximate surface area is 244 Å². The monoisotopic (exact) mass is 572 g/mol. The molecule has 0 aliphatic carbocycles. The van der Waals surface area contributed by atoms with Gasteiger partial charge in [0, 0.05) is 13.1 Å². The van der Waals surface area contributed by atoms with Gasteiger partial charge in [-0.1, -0.05) is 84.9 Å². The van der Waals surface area contributed by atoms with Crippen molar-refractivity contribution in [1.29, 1.82) is 0 Å². The standard InChI is InChI=1S/C31H36N6O5/c32-29(41)25(12-7-17-35-31(33)34)37(20-22-15-13-21(14-16-22)18-26(38)36-19-27(39)40)30(42)28(23-8-3-1-4-9-23)24-10-5-2-6-11-24/h1-6,8-11,13-16,25,28H,7,12,17-20H2,(H2,32,41)(H,36,38)(H,39,40)(H4,33,34,35)/t25-/m1/s1. The summed E-state index contributed by atoms with van der Waals surface area (Å²) < 4.78 is 0. The van der Waals surface area contributed by atoms with Crippen molar-refractivity contribution < 1.29 is 24.3 Å². The molecule has 11 nitrogen and oxygen atoms in total. The van der Waals surface area contributed by atoms with E-state index in [0.717, 1.165) is 11.1 Å². The minimum atomic E-state index is -1.13. The van der Waals surface area contributed by atoms with Crippen LogP contribution >= 0.6 is 0 Å². The molecule has 3 rings (SSSR count). The molecule has 3 amide bonds. The fourth-order valence-corrected chi connectivity index (χ4v) is 4.60. The number of benzene rings is 3. The predicted octanol–water partition coefficient (Wildman–Crippen LogP) is 1.50. The van der Waals surface area contributed by atoms with E-state index >= 15 is 0 Å². The highest BCUT2D eigenvalue weighted by molar-refractivity contribution is 5.92. The summed E-state index contributed by atoms with van der Waals surface area (Å²) in [6.45, 7) is -0.111. The number of carboxylic acid groups (broad SMARTS) is 1. The van der Waals surface area contributed by atoms with Crippen molar-refractivity contribution in [3.63, 3.8) is 0 Å². The fraction of sp³-hybridized carbons (Fsp3) is 0.258. The number of rotatable bonds is 15. The number of hydrogen-bond acceptors (Lipinski definition) is 5. The third-order valence-electron chi connectivity index (χ3n) is 6.61. The van der Waals surface area contributed by atoms with Gasteiger partial charge < -0.3 is 32.5 Å². The Hall–Kier alpha value is -5.19. The van der Waals surface area contributed by atoms with Gasteiger partial charge in [0.05, 0.1) is 12.3 Å². The number of carbonyl (C=O) groups excluding carboxylic acids is 3. The summed E-state index contributed by atoms with van der Waals surface area (Å²) in [5.41, 5.74) is 19.7. The quantitative estimate of drug-likeness (QED) is 0.103. The van der Waals surface area contributed by atoms with Crippen molar-refractivity contribution in [3.05, 3.63) is 107 Å². The first-order chi connectivity index (χ1) is 20.2. The van der Waals surface area contributed by atoms with E-state index in [-0.39, 0.29) is 37.8 Å². The highest BCUT2D eigenvalue weighted by atomic mass is 16.4. The molecule has 1 atom stereocenters. The van der Waals surface area contributed by atoms with Crippen molar-refractivity contribution >= 4 is 29.7 Å². The minimum absolute atomic E-state index is 0.00496. The second kappa shape index (κ2) is 15.6. The van der Waals surface area contributed by atoms with E-state index < -0.39 is 36.3 Å². The largest absolute Gasteiger partial charge is 0.480 e. The summed E-state index contributed by atoms with van der Waals surface area (Å²) >= 11 is 0. The third-order valence-corrected chi connectivity index (χ3v) is 6.61. The van der Waals surface area contributed by atoms with Crippen molar-refractivity contribution in [2.75, 3.05) is 13.1 Å². The van der Waals surface area contributed by atoms with Gasteiger partial charge in [0.1, 0.15) is 12.6 Å². The summed E-state index contributed by atoms with van der Waals surface area (Å²) in [6, 6.07) is 24.7. The lowest BCUT2D eigenvalue weighted by molar-refractivity contribution is -0.141. The number of nitrogens with one attached hydrogen (secondary N) is 1. The Morgan fingerprint density at radius 2 is 1.36 bits per heavy atom. The molecule has 0 aliphatic heterocycles. The molecule has 0 aromatic heterocycles. The van der Waals surface area contributed by atoms with Crippen LogP contribution in [0.25, 0.3) is 0 Å². The van der Waals surface area contributed by atoms with Gasteiger partial charge in [0.15, 0.2) is 5.96 Å². The number of amides is 3. The van der Waals surface area contributed by atoms with E-state index in [1.165, 1.54) is 4.90 Å². The number of carboxylic acids is 1. The lowest BCUT2D eigenvalue weighted by atomic mass is 9.89. The molecule has 3 aromatic carbocycles. The molecule has 0 heterocycles. The Kier molecular flexibility index (Phi) is 11.6. The maximum atomic E-state index is 14.4. The average Bonchev–Trinajstić information content (AvgIpc) is 2.97. The molecule has 3 aromatic rings. The zero-order chi connectivity index (χ0) is 30.5. The van der Waals surface area contributed by atoms with Crippen LogP contribution in [0.4, 0.5) is 0 Å². The van der Waals surface area contributed by atoms with Crippen LogP contribution in [0.3, 0.4) is 0 Å². The maximum Gasteiger partial charge on any atom is 0.322 e. The van der Waals surface area contributed by atoms with Crippen LogP contribution in [0.1, 0.15) is 41.0 Å². The Morgan fingerprint density at radius 1 is 0.810 bits per heavy atom. The lowest BCUT2D eigenvalue weighted by Crippen LogP contribution is -2.49. The third kappa shape index (κ3) is 9.47. The van der Waals surface area contributed by atoms with Crippen molar-refractivity contribution in [2.45, 2.75) is 37.8 Å². The number of aliphatic carboxylic acids is 1. The molecule has 0 bridgehead atoms. The van der Waals surface area contributed by atoms with Crippen molar-refractivity contribution in [1.82, 2.24) is 10.2 Å². The zero-order valence-corrected chi connectivity index (χ0v) is 23.2. The maximum absolute atomic E-state index is 14.4. The topological polar surface area (TPSA) is 194 Å². The van der Waals surface area contributed by atoms with E-state index in [0.29, 0.717) is 17.5 Å². The van der Waals surface area contributed by atoms with Crippen molar-refractivity contribution in [3.8, 4) is 0 Å². The molecule has 0 unspecified atom stereocenters. The van der Waals surface area contributed by atoms with Gasteiger partial charge in [-0.05, 0) is 35.1 Å². The highest BCUT2D eigenvalue weighted by Gasteiger charge is 2.34. The number of aliphatic imine (C=N–C) groups is 1. The van der Waals surface area contributed by atoms with Crippen LogP contribution in [-0.4, -0.2) is 58.8 Å². The van der Waals surface area contributed by atoms with Crippen molar-refractivity contribution in [2.24, 2.45) is 22.2 Å². The molecule has 0 spiro atoms. The molecular formula is C31H36N6O5. The van der Waals surface area contributed by atoms with Crippen LogP contribution in [0.15, 0.2) is 89.9 Å². The van der Waals surface area contributed by atoms with Crippen LogP contribution in [0.5, 0.6) is 0 Å². The number of carbonyl (C=O) groups is 4. The molecule has 220 valence electrons. The molecule has 0 saturated carbocycles. The van der Waals surface area contributed by atoms with E-state index in [1.807, 2.05) is 60.7 Å². The molecule has 42 heavy (non-hydrogen) atoms. The first-order valence-corrected chi connectivity index (χ1v) is 13.5. The van der Waals surface area contributed by atoms with Crippen LogP contribution in [-0.2, 0) is 32.1 Å². The zero-order valence-electron chi connectivity index (χ0n) is 23.2. The number of primary amides is 1. The van der Waals surface area contributed by atoms with Crippen LogP contribution in [0, 0.1) is 0 Å². The first kappa shape index (κ1) is 31.3. The smallest absolute Gasteiger partial charge is 0.322 e. The van der Waals surface area contributed by atoms with Gasteiger partial charge in [-0.2, -0.15) is 0 Å². The molecule has 8 N–H and O–H groups in total. The highest BCUT2D eigenvalue weighted by Crippen LogP contribution is 2.29.